The lowest BCUT2D eigenvalue weighted by molar-refractivity contribution is -0.122. The summed E-state index contributed by atoms with van der Waals surface area (Å²) in [6, 6.07) is 0.433. The fourth-order valence-electron chi connectivity index (χ4n) is 2.79. The zero-order valence-electron chi connectivity index (χ0n) is 14.4. The molecule has 1 aliphatic heterocycles. The van der Waals surface area contributed by atoms with Gasteiger partial charge >= 0.3 is 0 Å². The van der Waals surface area contributed by atoms with E-state index in [1.54, 1.807) is 18.1 Å². The summed E-state index contributed by atoms with van der Waals surface area (Å²) in [6.07, 6.45) is 3.81. The molecule has 1 aromatic rings. The highest BCUT2D eigenvalue weighted by atomic mass is 16.2. The molecule has 0 aromatic carbocycles. The second kappa shape index (κ2) is 7.61. The predicted molar refractivity (Wildman–Crippen MR) is 90.4 cm³/mol. The lowest BCUT2D eigenvalue weighted by Gasteiger charge is -2.36. The first-order valence-corrected chi connectivity index (χ1v) is 8.46. The zero-order chi connectivity index (χ0) is 16.9. The van der Waals surface area contributed by atoms with Crippen molar-refractivity contribution in [1.29, 1.82) is 0 Å². The Hall–Kier alpha value is -2.16. The molecule has 3 rings (SSSR count). The molecule has 0 atom stereocenters. The van der Waals surface area contributed by atoms with Gasteiger partial charge in [0.15, 0.2) is 5.96 Å². The number of amides is 1. The van der Waals surface area contributed by atoms with Crippen LogP contribution in [0, 0.1) is 0 Å². The van der Waals surface area contributed by atoms with Crippen molar-refractivity contribution in [2.75, 3.05) is 39.8 Å². The van der Waals surface area contributed by atoms with Gasteiger partial charge in [-0.2, -0.15) is 5.10 Å². The molecule has 2 N–H and O–H groups in total. The summed E-state index contributed by atoms with van der Waals surface area (Å²) >= 11 is 0. The van der Waals surface area contributed by atoms with Crippen LogP contribution in [0.15, 0.2) is 11.3 Å². The van der Waals surface area contributed by atoms with Gasteiger partial charge in [-0.1, -0.05) is 0 Å². The number of aryl methyl sites for hydroxylation is 1. The second-order valence-electron chi connectivity index (χ2n) is 6.31. The number of rotatable bonds is 5. The monoisotopic (exact) mass is 334 g/mol. The Kier molecular flexibility index (Phi) is 5.29. The summed E-state index contributed by atoms with van der Waals surface area (Å²) in [4.78, 5) is 24.8. The quantitative estimate of drug-likeness (QED) is 0.519. The van der Waals surface area contributed by atoms with Crippen LogP contribution in [0.5, 0.6) is 0 Å². The molecule has 24 heavy (non-hydrogen) atoms. The Bertz CT molecular complexity index is 586. The van der Waals surface area contributed by atoms with Gasteiger partial charge in [-0.05, 0) is 12.8 Å². The van der Waals surface area contributed by atoms with Crippen molar-refractivity contribution in [3.05, 3.63) is 12.2 Å². The van der Waals surface area contributed by atoms with Crippen molar-refractivity contribution in [1.82, 2.24) is 35.2 Å². The van der Waals surface area contributed by atoms with Gasteiger partial charge in [0, 0.05) is 46.3 Å². The third kappa shape index (κ3) is 4.44. The standard InChI is InChI=1S/C15H26N8O/c1-16-15(17-9-13-18-11-19-21(13)2)23-7-5-22(6-8-23)10-14(24)20-12-3-4-12/h11-12H,3-10H2,1-2H3,(H,16,17)(H,20,24). The van der Waals surface area contributed by atoms with Crippen molar-refractivity contribution in [3.8, 4) is 0 Å². The molecule has 0 spiro atoms. The molecular formula is C15H26N8O. The first kappa shape index (κ1) is 16.7. The van der Waals surface area contributed by atoms with Crippen molar-refractivity contribution in [2.45, 2.75) is 25.4 Å². The predicted octanol–water partition coefficient (Wildman–Crippen LogP) is -1.21. The summed E-state index contributed by atoms with van der Waals surface area (Å²) in [7, 11) is 3.66. The van der Waals surface area contributed by atoms with Gasteiger partial charge in [0.1, 0.15) is 12.2 Å². The molecule has 0 radical (unpaired) electrons. The summed E-state index contributed by atoms with van der Waals surface area (Å²) in [6.45, 7) is 4.53. The molecule has 1 amide bonds. The van der Waals surface area contributed by atoms with E-state index in [1.807, 2.05) is 7.05 Å². The number of carbonyl (C=O) groups excluding carboxylic acids is 1. The molecule has 1 aliphatic carbocycles. The van der Waals surface area contributed by atoms with Crippen LogP contribution in [0.2, 0.25) is 0 Å². The Labute approximate surface area is 142 Å². The molecule has 2 aliphatic rings. The van der Waals surface area contributed by atoms with E-state index in [1.165, 1.54) is 0 Å². The number of nitrogens with zero attached hydrogens (tertiary/aromatic N) is 6. The number of nitrogens with one attached hydrogen (secondary N) is 2. The maximum atomic E-state index is 11.9. The zero-order valence-corrected chi connectivity index (χ0v) is 14.4. The molecule has 2 heterocycles. The Morgan fingerprint density at radius 1 is 1.33 bits per heavy atom. The highest BCUT2D eigenvalue weighted by molar-refractivity contribution is 5.80. The normalized spacial score (nSPS) is 19.4. The minimum atomic E-state index is 0.149. The van der Waals surface area contributed by atoms with Gasteiger partial charge in [0.05, 0.1) is 13.1 Å². The maximum absolute atomic E-state index is 11.9. The van der Waals surface area contributed by atoms with Crippen LogP contribution >= 0.6 is 0 Å². The summed E-state index contributed by atoms with van der Waals surface area (Å²) in [5.41, 5.74) is 0. The van der Waals surface area contributed by atoms with Crippen molar-refractivity contribution in [3.63, 3.8) is 0 Å². The first-order chi connectivity index (χ1) is 11.7. The Morgan fingerprint density at radius 3 is 2.67 bits per heavy atom. The lowest BCUT2D eigenvalue weighted by atomic mass is 10.3. The van der Waals surface area contributed by atoms with Crippen LogP contribution < -0.4 is 10.6 Å². The minimum absolute atomic E-state index is 0.149. The van der Waals surface area contributed by atoms with Gasteiger partial charge < -0.3 is 15.5 Å². The second-order valence-corrected chi connectivity index (χ2v) is 6.31. The van der Waals surface area contributed by atoms with Crippen molar-refractivity contribution in [2.24, 2.45) is 12.0 Å². The SMILES string of the molecule is CN=C(NCc1ncnn1C)N1CCN(CC(=O)NC2CC2)CC1. The average Bonchev–Trinajstić information content (AvgIpc) is 3.29. The fourth-order valence-corrected chi connectivity index (χ4v) is 2.79. The number of guanidine groups is 1. The summed E-state index contributed by atoms with van der Waals surface area (Å²) in [5.74, 6) is 1.88. The highest BCUT2D eigenvalue weighted by Gasteiger charge is 2.25. The van der Waals surface area contributed by atoms with E-state index in [0.717, 1.165) is 50.8 Å². The topological polar surface area (TPSA) is 90.7 Å². The number of carbonyl (C=O) groups is 1. The number of hydrogen-bond acceptors (Lipinski definition) is 5. The van der Waals surface area contributed by atoms with E-state index in [0.29, 0.717) is 19.1 Å². The van der Waals surface area contributed by atoms with E-state index in [4.69, 9.17) is 0 Å². The van der Waals surface area contributed by atoms with E-state index in [2.05, 4.69) is 35.5 Å². The fraction of sp³-hybridized carbons (Fsp3) is 0.733. The highest BCUT2D eigenvalue weighted by Crippen LogP contribution is 2.18. The number of hydrogen-bond donors (Lipinski definition) is 2. The van der Waals surface area contributed by atoms with E-state index in [-0.39, 0.29) is 5.91 Å². The Balaban J connectivity index is 1.42. The van der Waals surface area contributed by atoms with Crippen LogP contribution in [0.1, 0.15) is 18.7 Å². The van der Waals surface area contributed by atoms with Gasteiger partial charge in [0.2, 0.25) is 5.91 Å². The molecule has 9 nitrogen and oxygen atoms in total. The minimum Gasteiger partial charge on any atom is -0.352 e. The van der Waals surface area contributed by atoms with Gasteiger partial charge in [-0.25, -0.2) is 4.98 Å². The maximum Gasteiger partial charge on any atom is 0.234 e. The number of aromatic nitrogens is 3. The van der Waals surface area contributed by atoms with Crippen molar-refractivity contribution < 1.29 is 4.79 Å². The van der Waals surface area contributed by atoms with Gasteiger partial charge in [-0.15, -0.1) is 0 Å². The molecule has 0 bridgehead atoms. The van der Waals surface area contributed by atoms with E-state index in [9.17, 15) is 4.79 Å². The summed E-state index contributed by atoms with van der Waals surface area (Å²) in [5, 5.41) is 10.4. The molecule has 0 unspecified atom stereocenters. The number of piperazine rings is 1. The third-order valence-corrected chi connectivity index (χ3v) is 4.40. The molecule has 1 saturated heterocycles. The smallest absolute Gasteiger partial charge is 0.234 e. The van der Waals surface area contributed by atoms with Crippen LogP contribution in [0.4, 0.5) is 0 Å². The molecule has 1 aromatic heterocycles. The van der Waals surface area contributed by atoms with Gasteiger partial charge in [-0.3, -0.25) is 19.4 Å². The lowest BCUT2D eigenvalue weighted by Crippen LogP contribution is -2.54. The first-order valence-electron chi connectivity index (χ1n) is 8.46. The van der Waals surface area contributed by atoms with Crippen LogP contribution in [0.25, 0.3) is 0 Å². The Morgan fingerprint density at radius 2 is 2.08 bits per heavy atom. The number of aliphatic imine (C=N–C) groups is 1. The third-order valence-electron chi connectivity index (χ3n) is 4.40. The molecule has 132 valence electrons. The van der Waals surface area contributed by atoms with Gasteiger partial charge in [0.25, 0.3) is 0 Å². The van der Waals surface area contributed by atoms with E-state index < -0.39 is 0 Å². The van der Waals surface area contributed by atoms with Crippen LogP contribution in [-0.4, -0.2) is 82.2 Å². The van der Waals surface area contributed by atoms with E-state index >= 15 is 0 Å². The van der Waals surface area contributed by atoms with Crippen molar-refractivity contribution >= 4 is 11.9 Å². The molecule has 1 saturated carbocycles. The molecular weight excluding hydrogens is 308 g/mol. The molecule has 9 heteroatoms. The average molecular weight is 334 g/mol. The summed E-state index contributed by atoms with van der Waals surface area (Å²) < 4.78 is 1.75. The largest absolute Gasteiger partial charge is 0.352 e. The van der Waals surface area contributed by atoms with Crippen LogP contribution in [-0.2, 0) is 18.4 Å². The molecule has 2 fully saturated rings. The van der Waals surface area contributed by atoms with Crippen LogP contribution in [0.3, 0.4) is 0 Å².